The quantitative estimate of drug-likeness (QED) is 0.347. The Bertz CT molecular complexity index is 736. The first kappa shape index (κ1) is 16.4. The molecular formula is C12H16N12. The van der Waals surface area contributed by atoms with Crippen molar-refractivity contribution in [2.45, 2.75) is 0 Å². The maximum atomic E-state index is 5.43. The fourth-order valence-electron chi connectivity index (χ4n) is 1.54. The number of nitrogens with two attached hydrogens (primary N) is 5. The highest BCUT2D eigenvalue weighted by molar-refractivity contribution is 5.54. The van der Waals surface area contributed by atoms with Gasteiger partial charge in [0.1, 0.15) is 0 Å². The van der Waals surface area contributed by atoms with Crippen LogP contribution in [0, 0.1) is 0 Å². The lowest BCUT2D eigenvalue weighted by atomic mass is 10.3. The Kier molecular flexibility index (Phi) is 5.02. The number of nitrogens with zero attached hydrogens (tertiary/aromatic N) is 6. The van der Waals surface area contributed by atoms with Gasteiger partial charge in [-0.05, 0) is 12.1 Å². The van der Waals surface area contributed by atoms with E-state index in [-0.39, 0.29) is 29.7 Å². The molecule has 0 amide bonds. The van der Waals surface area contributed by atoms with Crippen LogP contribution in [-0.4, -0.2) is 29.9 Å². The van der Waals surface area contributed by atoms with E-state index in [0.717, 1.165) is 5.69 Å². The predicted octanol–water partition coefficient (Wildman–Crippen LogP) is -0.602. The van der Waals surface area contributed by atoms with Gasteiger partial charge in [0, 0.05) is 5.69 Å². The van der Waals surface area contributed by atoms with Crippen molar-refractivity contribution in [2.75, 3.05) is 34.0 Å². The fraction of sp³-hybridized carbons (Fsp3) is 0. The summed E-state index contributed by atoms with van der Waals surface area (Å²) in [5, 5.41) is 2.96. The summed E-state index contributed by atoms with van der Waals surface area (Å²) in [4.78, 5) is 21.9. The van der Waals surface area contributed by atoms with E-state index in [1.54, 1.807) is 0 Å². The van der Waals surface area contributed by atoms with Crippen molar-refractivity contribution in [3.8, 4) is 0 Å². The van der Waals surface area contributed by atoms with Gasteiger partial charge >= 0.3 is 0 Å². The van der Waals surface area contributed by atoms with Crippen LogP contribution >= 0.6 is 0 Å². The maximum absolute atomic E-state index is 5.43. The molecule has 3 rings (SSSR count). The lowest BCUT2D eigenvalue weighted by molar-refractivity contribution is 1.08. The highest BCUT2D eigenvalue weighted by Gasteiger charge is 2.01. The van der Waals surface area contributed by atoms with Crippen molar-refractivity contribution < 1.29 is 0 Å². The van der Waals surface area contributed by atoms with Crippen molar-refractivity contribution in [1.82, 2.24) is 29.9 Å². The molecule has 0 fully saturated rings. The number of nitrogens with one attached hydrogen (secondary N) is 1. The highest BCUT2D eigenvalue weighted by atomic mass is 15.2. The Morgan fingerprint density at radius 1 is 0.542 bits per heavy atom. The number of benzene rings is 1. The molecule has 0 spiro atoms. The molecule has 124 valence electrons. The number of nitrogen functional groups attached to an aromatic ring is 5. The summed E-state index contributed by atoms with van der Waals surface area (Å²) in [7, 11) is 0. The maximum Gasteiger partial charge on any atom is 0.233 e. The van der Waals surface area contributed by atoms with Gasteiger partial charge < -0.3 is 34.0 Å². The topological polar surface area (TPSA) is 219 Å². The van der Waals surface area contributed by atoms with Gasteiger partial charge in [-0.15, -0.1) is 0 Å². The standard InChI is InChI=1S/C9H10N6.C3H6N6/c10-7-13-8(11)15-9(14-7)12-6-4-2-1-3-5-6;4-1-7-2(5)9-3(6)8-1/h1-5H,(H5,10,11,12,13,14,15);(H6,4,5,6,7,8,9). The van der Waals surface area contributed by atoms with Crippen LogP contribution in [0.25, 0.3) is 0 Å². The first-order valence-electron chi connectivity index (χ1n) is 6.54. The van der Waals surface area contributed by atoms with Gasteiger partial charge in [-0.3, -0.25) is 0 Å². The van der Waals surface area contributed by atoms with Gasteiger partial charge in [-0.2, -0.15) is 29.9 Å². The molecule has 0 unspecified atom stereocenters. The molecule has 0 saturated heterocycles. The summed E-state index contributed by atoms with van der Waals surface area (Å²) in [6.07, 6.45) is 0. The third-order valence-electron chi connectivity index (χ3n) is 2.39. The summed E-state index contributed by atoms with van der Waals surface area (Å²) < 4.78 is 0. The van der Waals surface area contributed by atoms with Gasteiger partial charge in [0.05, 0.1) is 0 Å². The molecule has 0 radical (unpaired) electrons. The van der Waals surface area contributed by atoms with Gasteiger partial charge in [-0.1, -0.05) is 18.2 Å². The third-order valence-corrected chi connectivity index (χ3v) is 2.39. The molecule has 0 saturated carbocycles. The van der Waals surface area contributed by atoms with E-state index in [2.05, 4.69) is 35.2 Å². The molecule has 2 heterocycles. The summed E-state index contributed by atoms with van der Waals surface area (Å²) in [5.74, 6) is 0.660. The lowest BCUT2D eigenvalue weighted by Crippen LogP contribution is -2.06. The van der Waals surface area contributed by atoms with Crippen molar-refractivity contribution in [1.29, 1.82) is 0 Å². The largest absolute Gasteiger partial charge is 0.368 e. The van der Waals surface area contributed by atoms with Crippen LogP contribution in [0.4, 0.5) is 41.4 Å². The van der Waals surface area contributed by atoms with Gasteiger partial charge in [0.25, 0.3) is 0 Å². The summed E-state index contributed by atoms with van der Waals surface area (Å²) in [6.45, 7) is 0. The first-order valence-corrected chi connectivity index (χ1v) is 6.54. The van der Waals surface area contributed by atoms with Crippen LogP contribution in [0.2, 0.25) is 0 Å². The number of anilines is 7. The zero-order chi connectivity index (χ0) is 17.5. The van der Waals surface area contributed by atoms with E-state index in [1.807, 2.05) is 30.3 Å². The second-order valence-electron chi connectivity index (χ2n) is 4.28. The third kappa shape index (κ3) is 5.10. The summed E-state index contributed by atoms with van der Waals surface area (Å²) >= 11 is 0. The molecule has 0 aliphatic rings. The molecule has 24 heavy (non-hydrogen) atoms. The van der Waals surface area contributed by atoms with E-state index >= 15 is 0 Å². The predicted molar refractivity (Wildman–Crippen MR) is 91.4 cm³/mol. The molecule has 0 aliphatic heterocycles. The molecular weight excluding hydrogens is 312 g/mol. The van der Waals surface area contributed by atoms with Crippen LogP contribution in [0.1, 0.15) is 0 Å². The van der Waals surface area contributed by atoms with Crippen molar-refractivity contribution in [3.05, 3.63) is 30.3 Å². The minimum absolute atomic E-state index is 0.0417. The zero-order valence-corrected chi connectivity index (χ0v) is 12.5. The minimum atomic E-state index is 0.0417. The second-order valence-corrected chi connectivity index (χ2v) is 4.28. The van der Waals surface area contributed by atoms with Crippen LogP contribution in [0.3, 0.4) is 0 Å². The van der Waals surface area contributed by atoms with Gasteiger partial charge in [0.15, 0.2) is 0 Å². The van der Waals surface area contributed by atoms with E-state index < -0.39 is 0 Å². The van der Waals surface area contributed by atoms with Crippen molar-refractivity contribution >= 4 is 41.4 Å². The number of hydrogen-bond acceptors (Lipinski definition) is 12. The molecule has 12 heteroatoms. The molecule has 1 aromatic carbocycles. The zero-order valence-electron chi connectivity index (χ0n) is 12.5. The molecule has 0 bridgehead atoms. The van der Waals surface area contributed by atoms with E-state index in [0.29, 0.717) is 5.95 Å². The lowest BCUT2D eigenvalue weighted by Gasteiger charge is -2.04. The van der Waals surface area contributed by atoms with Crippen molar-refractivity contribution in [2.24, 2.45) is 0 Å². The van der Waals surface area contributed by atoms with Crippen LogP contribution in [0.15, 0.2) is 30.3 Å². The van der Waals surface area contributed by atoms with E-state index in [4.69, 9.17) is 28.7 Å². The number of para-hydroxylation sites is 1. The second kappa shape index (κ2) is 7.35. The molecule has 3 aromatic rings. The van der Waals surface area contributed by atoms with Crippen molar-refractivity contribution in [3.63, 3.8) is 0 Å². The van der Waals surface area contributed by atoms with Crippen LogP contribution in [0.5, 0.6) is 0 Å². The Hall–Kier alpha value is -3.96. The van der Waals surface area contributed by atoms with E-state index in [9.17, 15) is 0 Å². The Morgan fingerprint density at radius 3 is 1.33 bits per heavy atom. The van der Waals surface area contributed by atoms with Gasteiger partial charge in [-0.25, -0.2) is 0 Å². The molecule has 11 N–H and O–H groups in total. The summed E-state index contributed by atoms with van der Waals surface area (Å²) in [6, 6.07) is 9.49. The smallest absolute Gasteiger partial charge is 0.233 e. The average Bonchev–Trinajstić information content (AvgIpc) is 2.46. The molecule has 0 atom stereocenters. The Morgan fingerprint density at radius 2 is 0.917 bits per heavy atom. The Labute approximate surface area is 136 Å². The number of hydrogen-bond donors (Lipinski definition) is 6. The number of aromatic nitrogens is 6. The SMILES string of the molecule is Nc1nc(N)nc(N)n1.Nc1nc(N)nc(Nc2ccccc2)n1. The average molecular weight is 328 g/mol. The first-order chi connectivity index (χ1) is 11.4. The molecule has 0 aliphatic carbocycles. The normalized spacial score (nSPS) is 9.67. The molecule has 12 nitrogen and oxygen atoms in total. The van der Waals surface area contributed by atoms with Crippen LogP contribution in [-0.2, 0) is 0 Å². The Balaban J connectivity index is 0.000000198. The van der Waals surface area contributed by atoms with E-state index in [1.165, 1.54) is 0 Å². The summed E-state index contributed by atoms with van der Waals surface area (Å²) in [5.41, 5.74) is 27.1. The molecule has 2 aromatic heterocycles. The van der Waals surface area contributed by atoms with Gasteiger partial charge in [0.2, 0.25) is 35.7 Å². The minimum Gasteiger partial charge on any atom is -0.368 e. The fourth-order valence-corrected chi connectivity index (χ4v) is 1.54. The van der Waals surface area contributed by atoms with Crippen LogP contribution < -0.4 is 34.0 Å². The number of rotatable bonds is 2. The monoisotopic (exact) mass is 328 g/mol. The highest BCUT2D eigenvalue weighted by Crippen LogP contribution is 2.12.